The van der Waals surface area contributed by atoms with Crippen LogP contribution in [0.25, 0.3) is 10.9 Å². The number of fused-ring (bicyclic) bond motifs is 1. The molecule has 1 aromatic heterocycles. The van der Waals surface area contributed by atoms with Crippen molar-refractivity contribution in [2.24, 2.45) is 11.1 Å². The van der Waals surface area contributed by atoms with Crippen LogP contribution in [-0.4, -0.2) is 42.6 Å². The lowest BCUT2D eigenvalue weighted by Gasteiger charge is -2.32. The van der Waals surface area contributed by atoms with Crippen LogP contribution in [-0.2, 0) is 20.7 Å². The molecule has 8 nitrogen and oxygen atoms in total. The summed E-state index contributed by atoms with van der Waals surface area (Å²) in [6.07, 6.45) is 13.5. The topological polar surface area (TPSA) is 113 Å². The Bertz CT molecular complexity index is 1920. The number of nitrogens with one attached hydrogen (secondary N) is 1. The second-order valence-electron chi connectivity index (χ2n) is 13.4. The number of esters is 1. The third kappa shape index (κ3) is 9.24. The quantitative estimate of drug-likeness (QED) is 0.0852. The van der Waals surface area contributed by atoms with E-state index in [2.05, 4.69) is 38.2 Å². The van der Waals surface area contributed by atoms with E-state index >= 15 is 0 Å². The number of benzene rings is 2. The van der Waals surface area contributed by atoms with E-state index in [-0.39, 0.29) is 42.5 Å². The zero-order valence-corrected chi connectivity index (χ0v) is 30.9. The summed E-state index contributed by atoms with van der Waals surface area (Å²) in [6.45, 7) is 12.4. The van der Waals surface area contributed by atoms with Crippen LogP contribution in [0.3, 0.4) is 0 Å². The van der Waals surface area contributed by atoms with Crippen LogP contribution in [0.4, 0.5) is 0 Å². The van der Waals surface area contributed by atoms with Crippen LogP contribution in [0.2, 0.25) is 5.02 Å². The highest BCUT2D eigenvalue weighted by Gasteiger charge is 2.26. The van der Waals surface area contributed by atoms with Gasteiger partial charge in [-0.25, -0.2) is 4.79 Å². The Morgan fingerprint density at radius 2 is 1.78 bits per heavy atom. The van der Waals surface area contributed by atoms with Gasteiger partial charge < -0.3 is 20.5 Å². The first-order valence-corrected chi connectivity index (χ1v) is 17.2. The first-order valence-electron chi connectivity index (χ1n) is 16.8. The number of nitrogens with two attached hydrogens (primary N) is 1. The molecule has 0 aliphatic heterocycles. The number of methoxy groups -OCH3 is 1. The highest BCUT2D eigenvalue weighted by molar-refractivity contribution is 6.30. The fraction of sp³-hybridized carbons (Fsp3) is 0.341. The summed E-state index contributed by atoms with van der Waals surface area (Å²) in [5.74, 6) is -0.580. The largest absolute Gasteiger partial charge is 0.497 e. The summed E-state index contributed by atoms with van der Waals surface area (Å²) < 4.78 is 12.3. The molecule has 4 rings (SSSR count). The number of nitrogens with zero attached hydrogens (tertiary/aromatic N) is 1. The zero-order chi connectivity index (χ0) is 36.6. The zero-order valence-electron chi connectivity index (χ0n) is 30.1. The Hall–Kier alpha value is -4.82. The van der Waals surface area contributed by atoms with E-state index in [4.69, 9.17) is 26.8 Å². The lowest BCUT2D eigenvalue weighted by molar-refractivity contribution is -0.139. The predicted octanol–water partition coefficient (Wildman–Crippen LogP) is 8.32. The van der Waals surface area contributed by atoms with E-state index in [0.717, 1.165) is 17.4 Å². The van der Waals surface area contributed by atoms with Crippen molar-refractivity contribution >= 4 is 40.3 Å². The summed E-state index contributed by atoms with van der Waals surface area (Å²) in [6, 6.07) is 12.1. The van der Waals surface area contributed by atoms with Crippen LogP contribution >= 0.6 is 11.6 Å². The van der Waals surface area contributed by atoms with Gasteiger partial charge in [0.15, 0.2) is 0 Å². The lowest BCUT2D eigenvalue weighted by Crippen LogP contribution is -2.30. The van der Waals surface area contributed by atoms with Crippen LogP contribution in [0.1, 0.15) is 75.5 Å². The molecule has 3 aromatic rings. The van der Waals surface area contributed by atoms with Crippen LogP contribution in [0.15, 0.2) is 101 Å². The Labute approximate surface area is 300 Å². The Morgan fingerprint density at radius 1 is 1.06 bits per heavy atom. The first kappa shape index (κ1) is 38.0. The van der Waals surface area contributed by atoms with E-state index in [1.165, 1.54) is 24.0 Å². The van der Waals surface area contributed by atoms with Gasteiger partial charge in [-0.1, -0.05) is 67.0 Å². The molecule has 0 atom stereocenters. The maximum Gasteiger partial charge on any atom is 0.354 e. The number of carbonyl (C=O) groups is 3. The van der Waals surface area contributed by atoms with E-state index in [9.17, 15) is 14.4 Å². The molecule has 0 fully saturated rings. The SMILES string of the molecule is COc1ccc2c(c1)c(CC(=O)NCCOC(=O)\C(N)=C(C)/C=C/C=C(C)/C=C/C1=C(C)CCCC1(C)C)c(C)n2C(=O)c1ccc(Cl)cc1. The summed E-state index contributed by atoms with van der Waals surface area (Å²) >= 11 is 6.03. The molecular weight excluding hydrogens is 650 g/mol. The van der Waals surface area contributed by atoms with Gasteiger partial charge >= 0.3 is 5.97 Å². The Balaban J connectivity index is 1.34. The number of rotatable bonds is 12. The Morgan fingerprint density at radius 3 is 2.46 bits per heavy atom. The summed E-state index contributed by atoms with van der Waals surface area (Å²) in [7, 11) is 1.56. The molecule has 0 spiro atoms. The van der Waals surface area contributed by atoms with Gasteiger partial charge in [-0.2, -0.15) is 0 Å². The van der Waals surface area contributed by atoms with Crippen molar-refractivity contribution < 1.29 is 23.9 Å². The van der Waals surface area contributed by atoms with Gasteiger partial charge in [0.25, 0.3) is 5.91 Å². The van der Waals surface area contributed by atoms with Crippen molar-refractivity contribution in [3.8, 4) is 5.75 Å². The molecule has 50 heavy (non-hydrogen) atoms. The highest BCUT2D eigenvalue weighted by atomic mass is 35.5. The Kier molecular flexibility index (Phi) is 12.7. The van der Waals surface area contributed by atoms with Crippen molar-refractivity contribution in [3.63, 3.8) is 0 Å². The monoisotopic (exact) mass is 697 g/mol. The van der Waals surface area contributed by atoms with E-state index in [1.54, 1.807) is 68.0 Å². The number of halogens is 1. The summed E-state index contributed by atoms with van der Waals surface area (Å²) in [5.41, 5.74) is 13.2. The number of allylic oxidation sites excluding steroid dienone is 9. The number of ether oxygens (including phenoxy) is 2. The van der Waals surface area contributed by atoms with Gasteiger partial charge in [-0.3, -0.25) is 14.2 Å². The van der Waals surface area contributed by atoms with Gasteiger partial charge in [0.1, 0.15) is 18.1 Å². The van der Waals surface area contributed by atoms with Crippen molar-refractivity contribution in [2.45, 2.75) is 67.2 Å². The van der Waals surface area contributed by atoms with Crippen molar-refractivity contribution in [1.29, 1.82) is 0 Å². The molecule has 1 aliphatic carbocycles. The lowest BCUT2D eigenvalue weighted by atomic mass is 9.72. The molecule has 1 aliphatic rings. The average molecular weight is 698 g/mol. The number of amides is 1. The van der Waals surface area contributed by atoms with Gasteiger partial charge in [0.05, 0.1) is 25.6 Å². The third-order valence-electron chi connectivity index (χ3n) is 9.24. The predicted molar refractivity (Wildman–Crippen MR) is 201 cm³/mol. The first-order chi connectivity index (χ1) is 23.7. The van der Waals surface area contributed by atoms with Crippen molar-refractivity contribution in [2.75, 3.05) is 20.3 Å². The van der Waals surface area contributed by atoms with E-state index in [1.807, 2.05) is 25.1 Å². The molecule has 1 heterocycles. The smallest absolute Gasteiger partial charge is 0.354 e. The van der Waals surface area contributed by atoms with Crippen LogP contribution < -0.4 is 15.8 Å². The van der Waals surface area contributed by atoms with Gasteiger partial charge in [-0.05, 0) is 112 Å². The molecule has 3 N–H and O–H groups in total. The summed E-state index contributed by atoms with van der Waals surface area (Å²) in [5, 5.41) is 4.06. The maximum atomic E-state index is 13.5. The number of aromatic nitrogens is 1. The standard InChI is InChI=1S/C41H48ClN3O5/c1-26(13-19-35-27(2)12-9-21-41(35,5)6)10-8-11-28(3)38(43)40(48)50-23-22-44-37(46)25-33-29(4)45(36-20-18-32(49-7)24-34(33)36)39(47)30-14-16-31(42)17-15-30/h8,10-11,13-20,24H,9,12,21-23,25,43H2,1-7H3,(H,44,46)/b11-8+,19-13+,26-10+,38-28+. The molecule has 2 aromatic carbocycles. The minimum absolute atomic E-state index is 0.00152. The van der Waals surface area contributed by atoms with Crippen molar-refractivity contribution in [1.82, 2.24) is 9.88 Å². The normalized spacial score (nSPS) is 15.5. The molecule has 0 radical (unpaired) electrons. The number of hydrogen-bond donors (Lipinski definition) is 2. The van der Waals surface area contributed by atoms with Crippen molar-refractivity contribution in [3.05, 3.63) is 123 Å². The molecule has 264 valence electrons. The molecule has 1 amide bonds. The van der Waals surface area contributed by atoms with Crippen LogP contribution in [0.5, 0.6) is 5.75 Å². The fourth-order valence-corrected chi connectivity index (χ4v) is 6.43. The third-order valence-corrected chi connectivity index (χ3v) is 9.49. The van der Waals surface area contributed by atoms with Gasteiger partial charge in [0, 0.05) is 21.7 Å². The van der Waals surface area contributed by atoms with E-state index in [0.29, 0.717) is 38.7 Å². The second-order valence-corrected chi connectivity index (χ2v) is 13.8. The average Bonchev–Trinajstić information content (AvgIpc) is 3.35. The molecule has 0 unspecified atom stereocenters. The maximum absolute atomic E-state index is 13.5. The molecular formula is C41H48ClN3O5. The minimum Gasteiger partial charge on any atom is -0.497 e. The number of hydrogen-bond acceptors (Lipinski definition) is 6. The highest BCUT2D eigenvalue weighted by Crippen LogP contribution is 2.40. The van der Waals surface area contributed by atoms with E-state index < -0.39 is 5.97 Å². The van der Waals surface area contributed by atoms with Gasteiger partial charge in [-0.15, -0.1) is 0 Å². The second kappa shape index (κ2) is 16.7. The molecule has 0 bridgehead atoms. The van der Waals surface area contributed by atoms with Gasteiger partial charge in [0.2, 0.25) is 5.91 Å². The van der Waals surface area contributed by atoms with Crippen LogP contribution in [0, 0.1) is 12.3 Å². The molecule has 9 heteroatoms. The molecule has 0 saturated carbocycles. The fourth-order valence-electron chi connectivity index (χ4n) is 6.31. The number of carbonyl (C=O) groups excluding carboxylic acids is 3. The molecule has 0 saturated heterocycles. The summed E-state index contributed by atoms with van der Waals surface area (Å²) in [4.78, 5) is 39.2. The minimum atomic E-state index is -0.657.